The van der Waals surface area contributed by atoms with Crippen LogP contribution >= 0.6 is 0 Å². The number of aromatic nitrogens is 1. The van der Waals surface area contributed by atoms with Gasteiger partial charge in [0.15, 0.2) is 0 Å². The molecule has 0 aromatic carbocycles. The molecule has 1 aromatic heterocycles. The van der Waals surface area contributed by atoms with E-state index in [2.05, 4.69) is 19.2 Å². The molecule has 1 fully saturated rings. The van der Waals surface area contributed by atoms with Crippen molar-refractivity contribution < 1.29 is 19.4 Å². The van der Waals surface area contributed by atoms with E-state index in [1.807, 2.05) is 6.92 Å². The van der Waals surface area contributed by atoms with Crippen LogP contribution in [0.1, 0.15) is 37.7 Å². The van der Waals surface area contributed by atoms with E-state index in [-0.39, 0.29) is 35.7 Å². The van der Waals surface area contributed by atoms with Crippen LogP contribution in [-0.2, 0) is 16.1 Å². The van der Waals surface area contributed by atoms with Crippen molar-refractivity contribution in [1.82, 2.24) is 9.88 Å². The summed E-state index contributed by atoms with van der Waals surface area (Å²) in [6.07, 6.45) is 2.55. The van der Waals surface area contributed by atoms with E-state index in [0.717, 1.165) is 6.42 Å². The molecule has 6 heteroatoms. The van der Waals surface area contributed by atoms with Gasteiger partial charge in [-0.3, -0.25) is 4.79 Å². The van der Waals surface area contributed by atoms with Crippen LogP contribution in [0.5, 0.6) is 0 Å². The lowest BCUT2D eigenvalue weighted by Crippen LogP contribution is -2.62. The number of hydrogen-bond donors (Lipinski definition) is 2. The highest BCUT2D eigenvalue weighted by atomic mass is 16.5. The van der Waals surface area contributed by atoms with Crippen LogP contribution in [0.2, 0.25) is 0 Å². The number of nitrogens with one attached hydrogen (secondary N) is 1. The van der Waals surface area contributed by atoms with E-state index in [1.165, 1.54) is 10.6 Å². The number of aromatic carboxylic acids is 1. The van der Waals surface area contributed by atoms with Crippen LogP contribution in [-0.4, -0.2) is 40.3 Å². The molecule has 0 bridgehead atoms. The molecule has 0 spiro atoms. The molecule has 21 heavy (non-hydrogen) atoms. The van der Waals surface area contributed by atoms with Gasteiger partial charge in [-0.1, -0.05) is 13.8 Å². The Hall–Kier alpha value is -1.82. The quantitative estimate of drug-likeness (QED) is 0.833. The van der Waals surface area contributed by atoms with E-state index in [1.54, 1.807) is 12.3 Å². The lowest BCUT2D eigenvalue weighted by Gasteiger charge is -2.51. The van der Waals surface area contributed by atoms with Crippen LogP contribution in [0.4, 0.5) is 0 Å². The number of carboxylic acids is 1. The topological polar surface area (TPSA) is 80.6 Å². The minimum Gasteiger partial charge on any atom is -0.477 e. The Balaban J connectivity index is 1.91. The Labute approximate surface area is 124 Å². The average molecular weight is 294 g/mol. The fourth-order valence-electron chi connectivity index (χ4n) is 2.76. The van der Waals surface area contributed by atoms with Crippen LogP contribution in [0.25, 0.3) is 0 Å². The molecule has 2 rings (SSSR count). The highest BCUT2D eigenvalue weighted by Crippen LogP contribution is 2.42. The van der Waals surface area contributed by atoms with Gasteiger partial charge in [-0.15, -0.1) is 0 Å². The summed E-state index contributed by atoms with van der Waals surface area (Å²) < 4.78 is 7.06. The van der Waals surface area contributed by atoms with Gasteiger partial charge in [-0.25, -0.2) is 4.79 Å². The molecular formula is C15H22N2O4. The zero-order chi connectivity index (χ0) is 15.6. The van der Waals surface area contributed by atoms with Crippen molar-refractivity contribution in [2.24, 2.45) is 5.41 Å². The molecule has 2 N–H and O–H groups in total. The lowest BCUT2D eigenvalue weighted by molar-refractivity contribution is -0.137. The maximum Gasteiger partial charge on any atom is 0.352 e. The molecule has 0 aliphatic heterocycles. The number of carbonyl (C=O) groups excluding carboxylic acids is 1. The third-order valence-electron chi connectivity index (χ3n) is 4.24. The van der Waals surface area contributed by atoms with Crippen molar-refractivity contribution >= 4 is 11.9 Å². The lowest BCUT2D eigenvalue weighted by atomic mass is 9.64. The number of hydrogen-bond acceptors (Lipinski definition) is 3. The SMILES string of the molecule is CCOC1CC(NC(=O)Cn2cccc2C(=O)O)C1(C)C. The summed E-state index contributed by atoms with van der Waals surface area (Å²) in [6.45, 7) is 6.78. The number of rotatable bonds is 6. The van der Waals surface area contributed by atoms with E-state index >= 15 is 0 Å². The van der Waals surface area contributed by atoms with Crippen molar-refractivity contribution in [3.05, 3.63) is 24.0 Å². The second-order valence-corrected chi connectivity index (χ2v) is 5.95. The van der Waals surface area contributed by atoms with Gasteiger partial charge in [-0.05, 0) is 25.5 Å². The van der Waals surface area contributed by atoms with E-state index in [4.69, 9.17) is 9.84 Å². The fourth-order valence-corrected chi connectivity index (χ4v) is 2.76. The molecular weight excluding hydrogens is 272 g/mol. The summed E-state index contributed by atoms with van der Waals surface area (Å²) in [5, 5.41) is 12.0. The molecule has 0 radical (unpaired) electrons. The van der Waals surface area contributed by atoms with Crippen molar-refractivity contribution in [3.63, 3.8) is 0 Å². The Kier molecular flexibility index (Phi) is 4.37. The maximum absolute atomic E-state index is 12.1. The summed E-state index contributed by atoms with van der Waals surface area (Å²) in [7, 11) is 0. The van der Waals surface area contributed by atoms with E-state index in [0.29, 0.717) is 6.61 Å². The predicted octanol–water partition coefficient (Wildman–Crippen LogP) is 1.51. The summed E-state index contributed by atoms with van der Waals surface area (Å²) in [6, 6.07) is 3.16. The standard InChI is InChI=1S/C15H22N2O4/c1-4-21-12-8-11(15(12,2)3)16-13(18)9-17-7-5-6-10(17)14(19)20/h5-7,11-12H,4,8-9H2,1-3H3,(H,16,18)(H,19,20). The van der Waals surface area contributed by atoms with Crippen molar-refractivity contribution in [1.29, 1.82) is 0 Å². The number of amides is 1. The fraction of sp³-hybridized carbons (Fsp3) is 0.600. The van der Waals surface area contributed by atoms with Gasteiger partial charge >= 0.3 is 5.97 Å². The number of nitrogens with zero attached hydrogens (tertiary/aromatic N) is 1. The summed E-state index contributed by atoms with van der Waals surface area (Å²) in [5.74, 6) is -1.21. The third kappa shape index (κ3) is 3.10. The molecule has 1 amide bonds. The molecule has 0 saturated heterocycles. The molecule has 6 nitrogen and oxygen atoms in total. The van der Waals surface area contributed by atoms with Crippen molar-refractivity contribution in [3.8, 4) is 0 Å². The van der Waals surface area contributed by atoms with Crippen LogP contribution in [0.3, 0.4) is 0 Å². The van der Waals surface area contributed by atoms with Gasteiger partial charge in [-0.2, -0.15) is 0 Å². The third-order valence-corrected chi connectivity index (χ3v) is 4.24. The van der Waals surface area contributed by atoms with Gasteiger partial charge in [0.05, 0.1) is 6.10 Å². The maximum atomic E-state index is 12.1. The first-order valence-electron chi connectivity index (χ1n) is 7.15. The normalized spacial score (nSPS) is 23.4. The van der Waals surface area contributed by atoms with Crippen LogP contribution < -0.4 is 5.32 Å². The molecule has 116 valence electrons. The number of carboxylic acid groups (broad SMARTS) is 1. The predicted molar refractivity (Wildman–Crippen MR) is 77.1 cm³/mol. The minimum absolute atomic E-state index is 0.0144. The van der Waals surface area contributed by atoms with Crippen LogP contribution in [0, 0.1) is 5.41 Å². The smallest absolute Gasteiger partial charge is 0.352 e. The molecule has 1 aromatic rings. The molecule has 2 unspecified atom stereocenters. The highest BCUT2D eigenvalue weighted by molar-refractivity contribution is 5.87. The van der Waals surface area contributed by atoms with E-state index < -0.39 is 5.97 Å². The van der Waals surface area contributed by atoms with E-state index in [9.17, 15) is 9.59 Å². The van der Waals surface area contributed by atoms with Gasteiger partial charge in [0.25, 0.3) is 0 Å². The molecule has 1 aliphatic carbocycles. The van der Waals surface area contributed by atoms with Gasteiger partial charge in [0, 0.05) is 24.3 Å². The Morgan fingerprint density at radius 1 is 1.52 bits per heavy atom. The Bertz CT molecular complexity index is 536. The molecule has 1 aliphatic rings. The molecule has 1 heterocycles. The zero-order valence-electron chi connectivity index (χ0n) is 12.6. The largest absolute Gasteiger partial charge is 0.477 e. The Morgan fingerprint density at radius 2 is 2.24 bits per heavy atom. The van der Waals surface area contributed by atoms with Gasteiger partial charge < -0.3 is 19.7 Å². The summed E-state index contributed by atoms with van der Waals surface area (Å²) in [4.78, 5) is 23.1. The minimum atomic E-state index is -1.03. The second-order valence-electron chi connectivity index (χ2n) is 5.95. The monoisotopic (exact) mass is 294 g/mol. The Morgan fingerprint density at radius 3 is 2.81 bits per heavy atom. The first-order chi connectivity index (χ1) is 9.86. The van der Waals surface area contributed by atoms with Crippen molar-refractivity contribution in [2.45, 2.75) is 45.9 Å². The van der Waals surface area contributed by atoms with Gasteiger partial charge in [0.2, 0.25) is 5.91 Å². The number of carbonyl (C=O) groups is 2. The van der Waals surface area contributed by atoms with Crippen LogP contribution in [0.15, 0.2) is 18.3 Å². The molecule has 2 atom stereocenters. The highest BCUT2D eigenvalue weighted by Gasteiger charge is 2.49. The first kappa shape index (κ1) is 15.6. The molecule has 1 saturated carbocycles. The number of ether oxygens (including phenoxy) is 1. The first-order valence-corrected chi connectivity index (χ1v) is 7.15. The summed E-state index contributed by atoms with van der Waals surface area (Å²) >= 11 is 0. The second kappa shape index (κ2) is 5.89. The van der Waals surface area contributed by atoms with Crippen molar-refractivity contribution in [2.75, 3.05) is 6.61 Å². The average Bonchev–Trinajstić information content (AvgIpc) is 2.86. The zero-order valence-corrected chi connectivity index (χ0v) is 12.6. The summed E-state index contributed by atoms with van der Waals surface area (Å²) in [5.41, 5.74) is 0.0167. The van der Waals surface area contributed by atoms with Gasteiger partial charge in [0.1, 0.15) is 12.2 Å².